The Morgan fingerprint density at radius 1 is 0.967 bits per heavy atom. The molecule has 1 aliphatic heterocycles. The minimum Gasteiger partial charge on any atom is -0.479 e. The van der Waals surface area contributed by atoms with Crippen LogP contribution in [-0.4, -0.2) is 42.9 Å². The summed E-state index contributed by atoms with van der Waals surface area (Å²) in [5.41, 5.74) is -1.20. The van der Waals surface area contributed by atoms with E-state index >= 15 is 0 Å². The molecule has 1 aliphatic rings. The lowest BCUT2D eigenvalue weighted by Crippen LogP contribution is -2.51. The molecule has 0 saturated carbocycles. The summed E-state index contributed by atoms with van der Waals surface area (Å²) in [5.74, 6) is -1.24. The number of hydrogen-bond acceptors (Lipinski definition) is 4. The van der Waals surface area contributed by atoms with Crippen LogP contribution in [0.1, 0.15) is 31.7 Å². The maximum atomic E-state index is 13.1. The molecule has 1 unspecified atom stereocenters. The molecule has 160 valence electrons. The van der Waals surface area contributed by atoms with Crippen LogP contribution < -0.4 is 10.6 Å². The summed E-state index contributed by atoms with van der Waals surface area (Å²) in [6, 6.07) is 13.6. The molecule has 3 rings (SSSR count). The molecule has 9 heteroatoms. The number of carboxylic acids is 1. The van der Waals surface area contributed by atoms with Gasteiger partial charge in [0.2, 0.25) is 10.0 Å². The lowest BCUT2D eigenvalue weighted by Gasteiger charge is -2.28. The second kappa shape index (κ2) is 8.85. The Morgan fingerprint density at radius 3 is 2.20 bits per heavy atom. The number of urea groups is 1. The summed E-state index contributed by atoms with van der Waals surface area (Å²) in [7, 11) is -3.78. The predicted octanol–water partition coefficient (Wildman–Crippen LogP) is 2.98. The van der Waals surface area contributed by atoms with Crippen LogP contribution >= 0.6 is 0 Å². The number of nitrogens with zero attached hydrogens (tertiary/aromatic N) is 1. The highest BCUT2D eigenvalue weighted by molar-refractivity contribution is 7.89. The summed E-state index contributed by atoms with van der Waals surface area (Å²) >= 11 is 0. The van der Waals surface area contributed by atoms with Gasteiger partial charge in [-0.3, -0.25) is 0 Å². The van der Waals surface area contributed by atoms with Crippen molar-refractivity contribution in [2.75, 3.05) is 18.4 Å². The van der Waals surface area contributed by atoms with Gasteiger partial charge < -0.3 is 15.7 Å². The number of aliphatic carboxylic acids is 1. The smallest absolute Gasteiger partial charge is 0.333 e. The number of amides is 2. The number of sulfonamides is 1. The number of nitrogens with one attached hydrogen (secondary N) is 2. The number of rotatable bonds is 6. The van der Waals surface area contributed by atoms with Gasteiger partial charge in [-0.05, 0) is 37.5 Å². The third-order valence-corrected chi connectivity index (χ3v) is 7.17. The molecule has 0 aromatic heterocycles. The van der Waals surface area contributed by atoms with E-state index in [-0.39, 0.29) is 10.6 Å². The fourth-order valence-corrected chi connectivity index (χ4v) is 5.11. The second-order valence-electron chi connectivity index (χ2n) is 7.34. The third-order valence-electron chi connectivity index (χ3n) is 5.21. The zero-order valence-electron chi connectivity index (χ0n) is 16.7. The second-order valence-corrected chi connectivity index (χ2v) is 9.24. The summed E-state index contributed by atoms with van der Waals surface area (Å²) in [6.07, 6.45) is 2.58. The van der Waals surface area contributed by atoms with Crippen LogP contribution in [0, 0.1) is 0 Å². The topological polar surface area (TPSA) is 116 Å². The van der Waals surface area contributed by atoms with Gasteiger partial charge in [0, 0.05) is 13.1 Å². The van der Waals surface area contributed by atoms with E-state index in [4.69, 9.17) is 0 Å². The van der Waals surface area contributed by atoms with E-state index in [0.717, 1.165) is 19.3 Å². The van der Waals surface area contributed by atoms with Gasteiger partial charge in [0.1, 0.15) is 4.90 Å². The molecular formula is C21H25N3O5S. The zero-order chi connectivity index (χ0) is 21.8. The molecule has 3 N–H and O–H groups in total. The van der Waals surface area contributed by atoms with Crippen LogP contribution in [-0.2, 0) is 20.4 Å². The highest BCUT2D eigenvalue weighted by Gasteiger charge is 2.37. The Balaban J connectivity index is 1.85. The van der Waals surface area contributed by atoms with Crippen LogP contribution in [0.3, 0.4) is 0 Å². The number of carboxylic acid groups (broad SMARTS) is 1. The van der Waals surface area contributed by atoms with Crippen molar-refractivity contribution in [2.24, 2.45) is 0 Å². The standard InChI is InChI=1S/C21H25N3O5S/c1-21(19(25)26,16-10-4-2-5-11-16)23-20(27)22-17-12-6-7-13-18(17)30(28,29)24-14-8-3-9-15-24/h2,4-7,10-13H,3,8-9,14-15H2,1H3,(H,25,26)(H2,22,23,27). The molecule has 2 aromatic rings. The number of benzene rings is 2. The van der Waals surface area contributed by atoms with Crippen molar-refractivity contribution < 1.29 is 23.1 Å². The van der Waals surface area contributed by atoms with Gasteiger partial charge in [0.15, 0.2) is 5.54 Å². The SMILES string of the molecule is CC(NC(=O)Nc1ccccc1S(=O)(=O)N1CCCCC1)(C(=O)O)c1ccccc1. The molecule has 0 radical (unpaired) electrons. The Bertz CT molecular complexity index is 1020. The summed E-state index contributed by atoms with van der Waals surface area (Å²) in [5, 5.41) is 14.7. The molecule has 2 amide bonds. The van der Waals surface area contributed by atoms with E-state index in [0.29, 0.717) is 18.7 Å². The Kier molecular flexibility index (Phi) is 6.42. The van der Waals surface area contributed by atoms with Crippen molar-refractivity contribution in [1.82, 2.24) is 9.62 Å². The van der Waals surface area contributed by atoms with Crippen LogP contribution in [0.15, 0.2) is 59.5 Å². The molecule has 1 saturated heterocycles. The summed E-state index contributed by atoms with van der Waals surface area (Å²) in [6.45, 7) is 2.25. The average molecular weight is 432 g/mol. The van der Waals surface area contributed by atoms with Crippen molar-refractivity contribution in [3.8, 4) is 0 Å². The number of carbonyl (C=O) groups is 2. The van der Waals surface area contributed by atoms with Crippen LogP contribution in [0.4, 0.5) is 10.5 Å². The highest BCUT2D eigenvalue weighted by atomic mass is 32.2. The van der Waals surface area contributed by atoms with E-state index < -0.39 is 27.6 Å². The minimum atomic E-state index is -3.78. The van der Waals surface area contributed by atoms with Crippen molar-refractivity contribution >= 4 is 27.7 Å². The fraction of sp³-hybridized carbons (Fsp3) is 0.333. The molecule has 8 nitrogen and oxygen atoms in total. The highest BCUT2D eigenvalue weighted by Crippen LogP contribution is 2.27. The van der Waals surface area contributed by atoms with E-state index in [1.54, 1.807) is 42.5 Å². The van der Waals surface area contributed by atoms with E-state index in [2.05, 4.69) is 10.6 Å². The Labute approximate surface area is 176 Å². The van der Waals surface area contributed by atoms with Gasteiger partial charge in [0.05, 0.1) is 5.69 Å². The van der Waals surface area contributed by atoms with Gasteiger partial charge in [-0.2, -0.15) is 4.31 Å². The maximum absolute atomic E-state index is 13.1. The van der Waals surface area contributed by atoms with Crippen molar-refractivity contribution in [3.63, 3.8) is 0 Å². The quantitative estimate of drug-likeness (QED) is 0.650. The number of anilines is 1. The minimum absolute atomic E-state index is 0.0150. The van der Waals surface area contributed by atoms with Crippen molar-refractivity contribution in [3.05, 3.63) is 60.2 Å². The van der Waals surface area contributed by atoms with Gasteiger partial charge in [-0.25, -0.2) is 18.0 Å². The van der Waals surface area contributed by atoms with Crippen LogP contribution in [0.2, 0.25) is 0 Å². The summed E-state index contributed by atoms with van der Waals surface area (Å²) < 4.78 is 27.5. The van der Waals surface area contributed by atoms with Gasteiger partial charge in [-0.1, -0.05) is 48.9 Å². The maximum Gasteiger partial charge on any atom is 0.333 e. The van der Waals surface area contributed by atoms with Crippen LogP contribution in [0.5, 0.6) is 0 Å². The normalized spacial score (nSPS) is 17.0. The van der Waals surface area contributed by atoms with Crippen molar-refractivity contribution in [1.29, 1.82) is 0 Å². The fourth-order valence-electron chi connectivity index (χ4n) is 3.44. The van der Waals surface area contributed by atoms with Crippen LogP contribution in [0.25, 0.3) is 0 Å². The molecule has 1 heterocycles. The Morgan fingerprint density at radius 2 is 1.57 bits per heavy atom. The van der Waals surface area contributed by atoms with Gasteiger partial charge in [0.25, 0.3) is 0 Å². The molecule has 0 spiro atoms. The zero-order valence-corrected chi connectivity index (χ0v) is 17.5. The lowest BCUT2D eigenvalue weighted by atomic mass is 9.92. The van der Waals surface area contributed by atoms with E-state index in [1.807, 2.05) is 0 Å². The molecule has 0 bridgehead atoms. The Hall–Kier alpha value is -2.91. The summed E-state index contributed by atoms with van der Waals surface area (Å²) in [4.78, 5) is 24.5. The number of para-hydroxylation sites is 1. The van der Waals surface area contributed by atoms with Gasteiger partial charge in [-0.15, -0.1) is 0 Å². The largest absolute Gasteiger partial charge is 0.479 e. The molecule has 1 fully saturated rings. The number of piperidine rings is 1. The predicted molar refractivity (Wildman–Crippen MR) is 113 cm³/mol. The third kappa shape index (κ3) is 4.47. The first-order chi connectivity index (χ1) is 14.2. The monoisotopic (exact) mass is 431 g/mol. The first-order valence-corrected chi connectivity index (χ1v) is 11.2. The first kappa shape index (κ1) is 21.8. The van der Waals surface area contributed by atoms with Gasteiger partial charge >= 0.3 is 12.0 Å². The van der Waals surface area contributed by atoms with E-state index in [1.165, 1.54) is 23.4 Å². The molecule has 30 heavy (non-hydrogen) atoms. The average Bonchev–Trinajstić information content (AvgIpc) is 2.75. The van der Waals surface area contributed by atoms with E-state index in [9.17, 15) is 23.1 Å². The number of hydrogen-bond donors (Lipinski definition) is 3. The molecule has 0 aliphatic carbocycles. The first-order valence-electron chi connectivity index (χ1n) is 9.72. The molecule has 1 atom stereocenters. The molecule has 2 aromatic carbocycles. The van der Waals surface area contributed by atoms with Crippen molar-refractivity contribution in [2.45, 2.75) is 36.6 Å². The number of carbonyl (C=O) groups excluding carboxylic acids is 1. The lowest BCUT2D eigenvalue weighted by molar-refractivity contribution is -0.144. The molecular weight excluding hydrogens is 406 g/mol.